The van der Waals surface area contributed by atoms with Gasteiger partial charge in [-0.05, 0) is 93.9 Å². The number of rotatable bonds is 1. The van der Waals surface area contributed by atoms with Crippen LogP contribution < -0.4 is 15.8 Å². The van der Waals surface area contributed by atoms with Gasteiger partial charge >= 0.3 is 6.85 Å². The summed E-state index contributed by atoms with van der Waals surface area (Å²) in [6.07, 6.45) is 2.41. The number of hydrogen-bond donors (Lipinski definition) is 0. The fraction of sp³-hybridized carbons (Fsp3) is 0.184. The van der Waals surface area contributed by atoms with Gasteiger partial charge in [-0.1, -0.05) is 107 Å². The van der Waals surface area contributed by atoms with Gasteiger partial charge in [0.25, 0.3) is 0 Å². The minimum absolute atomic E-state index is 0.0401. The third-order valence-electron chi connectivity index (χ3n) is 13.6. The van der Waals surface area contributed by atoms with E-state index in [0.717, 1.165) is 0 Å². The lowest BCUT2D eigenvalue weighted by Gasteiger charge is -2.44. The molecule has 55 heavy (non-hydrogen) atoms. The molecule has 0 spiro atoms. The Kier molecular flexibility index (Phi) is 5.87. The minimum Gasteiger partial charge on any atom is -0.367 e. The zero-order valence-electron chi connectivity index (χ0n) is 31.5. The molecule has 10 aromatic rings. The van der Waals surface area contributed by atoms with E-state index in [2.05, 4.69) is 153 Å². The Balaban J connectivity index is 1.25. The fourth-order valence-corrected chi connectivity index (χ4v) is 14.6. The third-order valence-corrected chi connectivity index (χ3v) is 17.1. The van der Waals surface area contributed by atoms with Crippen LogP contribution >= 0.6 is 34.0 Å². The molecule has 6 heterocycles. The number of nitrogens with zero attached hydrogens (tertiary/aromatic N) is 2. The number of hydrogen-bond acceptors (Lipinski definition) is 4. The molecule has 2 aliphatic heterocycles. The molecule has 0 N–H and O–H groups in total. The first-order chi connectivity index (χ1) is 26.7. The summed E-state index contributed by atoms with van der Waals surface area (Å²) in [7, 11) is 0. The second-order valence-electron chi connectivity index (χ2n) is 17.5. The van der Waals surface area contributed by atoms with Crippen LogP contribution in [-0.2, 0) is 10.8 Å². The van der Waals surface area contributed by atoms with Gasteiger partial charge < -0.3 is 9.38 Å². The van der Waals surface area contributed by atoms with Crippen molar-refractivity contribution in [1.29, 1.82) is 0 Å². The topological polar surface area (TPSA) is 8.17 Å². The monoisotopic (exact) mass is 760 g/mol. The van der Waals surface area contributed by atoms with E-state index in [9.17, 15) is 0 Å². The smallest absolute Gasteiger partial charge is 0.335 e. The second kappa shape index (κ2) is 10.3. The Morgan fingerprint density at radius 1 is 0.582 bits per heavy atom. The number of aryl methyl sites for hydroxylation is 1. The number of anilines is 3. The molecular formula is C49H37BN2S3. The average Bonchev–Trinajstić information content (AvgIpc) is 3.94. The van der Waals surface area contributed by atoms with Crippen LogP contribution in [0.4, 0.5) is 16.4 Å². The number of fused-ring (bicyclic) bond motifs is 16. The standard InChI is InChI=1S/C49H37BN2S3/c1-26-23-33-34(49(4,5)22-21-48(33,2)3)25-35(26)51-36-24-32-27-13-6-9-18-37(27)53-45(32)41-31-17-12-16-30-40-28-14-7-10-19-38(28)54-46(40)52(44(30)31)50(43(36)41)42-29-15-8-11-20-39(29)55-47(42)51/h6-20,23-25H,21-22H2,1-5H3. The van der Waals surface area contributed by atoms with Crippen LogP contribution in [0.1, 0.15) is 57.2 Å². The molecule has 0 radical (unpaired) electrons. The molecule has 0 saturated carbocycles. The van der Waals surface area contributed by atoms with Crippen molar-refractivity contribution in [2.45, 2.75) is 58.3 Å². The number of benzene rings is 6. The highest BCUT2D eigenvalue weighted by Gasteiger charge is 2.47. The van der Waals surface area contributed by atoms with E-state index in [1.54, 1.807) is 0 Å². The molecule has 4 aromatic heterocycles. The molecule has 2 nitrogen and oxygen atoms in total. The summed E-state index contributed by atoms with van der Waals surface area (Å²) in [5.74, 6) is 0. The Morgan fingerprint density at radius 3 is 1.98 bits per heavy atom. The van der Waals surface area contributed by atoms with Crippen LogP contribution in [0.2, 0.25) is 0 Å². The van der Waals surface area contributed by atoms with E-state index < -0.39 is 0 Å². The Morgan fingerprint density at radius 2 is 1.22 bits per heavy atom. The van der Waals surface area contributed by atoms with Gasteiger partial charge in [-0.3, -0.25) is 0 Å². The van der Waals surface area contributed by atoms with Crippen molar-refractivity contribution >= 4 is 130 Å². The summed E-state index contributed by atoms with van der Waals surface area (Å²) in [6.45, 7) is 12.2. The molecule has 0 unspecified atom stereocenters. The highest BCUT2D eigenvalue weighted by atomic mass is 32.1. The maximum atomic E-state index is 2.77. The summed E-state index contributed by atoms with van der Waals surface area (Å²) in [4.78, 5) is 4.09. The SMILES string of the molecule is Cc1cc2c(cc1N1c3cc4c(sc5ccccc54)c4c3B(c3c1sc1ccccc31)n1c3sc5ccccc5c3c3cccc-4c31)C(C)(C)CCC2(C)C. The zero-order chi connectivity index (χ0) is 36.7. The Hall–Kier alpha value is -4.88. The molecule has 0 fully saturated rings. The first-order valence-corrected chi connectivity index (χ1v) is 22.0. The number of para-hydroxylation sites is 1. The van der Waals surface area contributed by atoms with Gasteiger partial charge in [0.05, 0.1) is 15.5 Å². The lowest BCUT2D eigenvalue weighted by Crippen LogP contribution is -2.56. The van der Waals surface area contributed by atoms with Crippen molar-refractivity contribution in [2.75, 3.05) is 4.90 Å². The molecule has 0 saturated heterocycles. The molecule has 264 valence electrons. The molecule has 0 bridgehead atoms. The van der Waals surface area contributed by atoms with Gasteiger partial charge in [-0.15, -0.1) is 34.0 Å². The fourth-order valence-electron chi connectivity index (χ4n) is 10.8. The quantitative estimate of drug-likeness (QED) is 0.151. The van der Waals surface area contributed by atoms with Crippen LogP contribution in [0, 0.1) is 6.92 Å². The van der Waals surface area contributed by atoms with Crippen molar-refractivity contribution < 1.29 is 0 Å². The van der Waals surface area contributed by atoms with E-state index in [-0.39, 0.29) is 17.7 Å². The number of aromatic nitrogens is 1. The molecular weight excluding hydrogens is 724 g/mol. The van der Waals surface area contributed by atoms with Gasteiger partial charge in [0.15, 0.2) is 0 Å². The van der Waals surface area contributed by atoms with Gasteiger partial charge in [-0.25, -0.2) is 0 Å². The lowest BCUT2D eigenvalue weighted by molar-refractivity contribution is 0.332. The van der Waals surface area contributed by atoms with Crippen molar-refractivity contribution in [3.05, 3.63) is 126 Å². The van der Waals surface area contributed by atoms with E-state index in [4.69, 9.17) is 0 Å². The van der Waals surface area contributed by atoms with E-state index >= 15 is 0 Å². The molecule has 6 heteroatoms. The zero-order valence-corrected chi connectivity index (χ0v) is 34.0. The minimum atomic E-state index is 0.0401. The molecule has 1 aliphatic carbocycles. The second-order valence-corrected chi connectivity index (χ2v) is 20.6. The van der Waals surface area contributed by atoms with Crippen LogP contribution in [0.15, 0.2) is 109 Å². The normalized spacial score (nSPS) is 16.5. The van der Waals surface area contributed by atoms with Crippen LogP contribution in [0.3, 0.4) is 0 Å². The highest BCUT2D eigenvalue weighted by molar-refractivity contribution is 7.28. The highest BCUT2D eigenvalue weighted by Crippen LogP contribution is 2.55. The summed E-state index contributed by atoms with van der Waals surface area (Å²) in [5.41, 5.74) is 14.3. The first kappa shape index (κ1) is 31.3. The lowest BCUT2D eigenvalue weighted by atomic mass is 9.45. The van der Waals surface area contributed by atoms with Crippen LogP contribution in [-0.4, -0.2) is 11.3 Å². The average molecular weight is 761 g/mol. The molecule has 6 aromatic carbocycles. The number of thiophene rings is 3. The van der Waals surface area contributed by atoms with Crippen molar-refractivity contribution in [1.82, 2.24) is 4.48 Å². The van der Waals surface area contributed by atoms with Gasteiger partial charge in [-0.2, -0.15) is 0 Å². The van der Waals surface area contributed by atoms with Crippen LogP contribution in [0.25, 0.3) is 72.6 Å². The summed E-state index contributed by atoms with van der Waals surface area (Å²) < 4.78 is 8.25. The van der Waals surface area contributed by atoms with E-state index in [0.29, 0.717) is 0 Å². The molecule has 0 atom stereocenters. The predicted molar refractivity (Wildman–Crippen MR) is 244 cm³/mol. The van der Waals surface area contributed by atoms with Gasteiger partial charge in [0.1, 0.15) is 0 Å². The van der Waals surface area contributed by atoms with Gasteiger partial charge in [0.2, 0.25) is 0 Å². The largest absolute Gasteiger partial charge is 0.367 e. The van der Waals surface area contributed by atoms with Crippen molar-refractivity contribution in [3.63, 3.8) is 0 Å². The molecule has 3 aliphatic rings. The predicted octanol–water partition coefficient (Wildman–Crippen LogP) is 13.7. The van der Waals surface area contributed by atoms with Gasteiger partial charge in [0, 0.05) is 68.1 Å². The Labute approximate surface area is 332 Å². The Bertz CT molecular complexity index is 3370. The summed E-state index contributed by atoms with van der Waals surface area (Å²) >= 11 is 5.91. The van der Waals surface area contributed by atoms with Crippen molar-refractivity contribution in [3.8, 4) is 11.1 Å². The van der Waals surface area contributed by atoms with E-state index in [1.165, 1.54) is 129 Å². The molecule has 13 rings (SSSR count). The maximum absolute atomic E-state index is 2.77. The first-order valence-electron chi connectivity index (χ1n) is 19.6. The summed E-state index contributed by atoms with van der Waals surface area (Å²) in [5, 5.41) is 9.58. The third kappa shape index (κ3) is 3.81. The molecule has 0 amide bonds. The van der Waals surface area contributed by atoms with Crippen LogP contribution in [0.5, 0.6) is 0 Å². The van der Waals surface area contributed by atoms with E-state index in [1.807, 2.05) is 34.0 Å². The summed E-state index contributed by atoms with van der Waals surface area (Å²) in [6, 6.07) is 42.2. The maximum Gasteiger partial charge on any atom is 0.335 e. The van der Waals surface area contributed by atoms with Crippen molar-refractivity contribution in [2.24, 2.45) is 0 Å².